The van der Waals surface area contributed by atoms with Gasteiger partial charge in [-0.05, 0) is 61.7 Å². The summed E-state index contributed by atoms with van der Waals surface area (Å²) < 4.78 is 0. The topological polar surface area (TPSA) is 69.7 Å². The molecule has 2 aromatic rings. The van der Waals surface area contributed by atoms with Gasteiger partial charge >= 0.3 is 0 Å². The van der Waals surface area contributed by atoms with Crippen LogP contribution in [0, 0.1) is 0 Å². The summed E-state index contributed by atoms with van der Waals surface area (Å²) in [4.78, 5) is 40.8. The number of fused-ring (bicyclic) bond motifs is 1. The Labute approximate surface area is 169 Å². The molecule has 0 atom stereocenters. The van der Waals surface area contributed by atoms with Gasteiger partial charge in [0.15, 0.2) is 0 Å². The SMILES string of the molecule is C=CCN1C(=O)c2ccc(C(=O)Nc3ccc(N4CCCCC4)cc3)cc2C1=O. The van der Waals surface area contributed by atoms with Crippen molar-refractivity contribution >= 4 is 29.1 Å². The monoisotopic (exact) mass is 389 g/mol. The van der Waals surface area contributed by atoms with E-state index in [2.05, 4.69) is 16.8 Å². The lowest BCUT2D eigenvalue weighted by atomic mass is 10.1. The summed E-state index contributed by atoms with van der Waals surface area (Å²) >= 11 is 0. The van der Waals surface area contributed by atoms with Crippen LogP contribution < -0.4 is 10.2 Å². The standard InChI is InChI=1S/C23H23N3O3/c1-2-12-26-22(28)19-11-6-16(15-20(19)23(26)29)21(27)24-17-7-9-18(10-8-17)25-13-4-3-5-14-25/h2,6-11,15H,1,3-5,12-14H2,(H,24,27). The highest BCUT2D eigenvalue weighted by Crippen LogP contribution is 2.25. The molecule has 0 saturated carbocycles. The summed E-state index contributed by atoms with van der Waals surface area (Å²) in [7, 11) is 0. The molecule has 6 nitrogen and oxygen atoms in total. The highest BCUT2D eigenvalue weighted by Gasteiger charge is 2.35. The molecule has 6 heteroatoms. The Bertz CT molecular complexity index is 975. The summed E-state index contributed by atoms with van der Waals surface area (Å²) in [5.41, 5.74) is 2.76. The highest BCUT2D eigenvalue weighted by atomic mass is 16.2. The zero-order valence-electron chi connectivity index (χ0n) is 16.2. The first-order valence-electron chi connectivity index (χ1n) is 9.86. The van der Waals surface area contributed by atoms with Gasteiger partial charge in [0.1, 0.15) is 0 Å². The van der Waals surface area contributed by atoms with Crippen molar-refractivity contribution < 1.29 is 14.4 Å². The molecule has 0 bridgehead atoms. The van der Waals surface area contributed by atoms with E-state index in [-0.39, 0.29) is 23.9 Å². The van der Waals surface area contributed by atoms with Crippen LogP contribution in [-0.2, 0) is 0 Å². The predicted octanol–water partition coefficient (Wildman–Crippen LogP) is 3.71. The molecule has 29 heavy (non-hydrogen) atoms. The number of hydrogen-bond donors (Lipinski definition) is 1. The number of rotatable bonds is 5. The van der Waals surface area contributed by atoms with Crippen LogP contribution in [0.5, 0.6) is 0 Å². The fourth-order valence-electron chi connectivity index (χ4n) is 3.84. The van der Waals surface area contributed by atoms with Crippen molar-refractivity contribution in [3.8, 4) is 0 Å². The lowest BCUT2D eigenvalue weighted by molar-refractivity contribution is 0.0672. The lowest BCUT2D eigenvalue weighted by Gasteiger charge is -2.28. The summed E-state index contributed by atoms with van der Waals surface area (Å²) in [6, 6.07) is 12.4. The van der Waals surface area contributed by atoms with Crippen molar-refractivity contribution in [3.63, 3.8) is 0 Å². The van der Waals surface area contributed by atoms with Crippen LogP contribution in [0.25, 0.3) is 0 Å². The number of nitrogens with one attached hydrogen (secondary N) is 1. The van der Waals surface area contributed by atoms with Gasteiger partial charge in [0.2, 0.25) is 0 Å². The third-order valence-electron chi connectivity index (χ3n) is 5.39. The fourth-order valence-corrected chi connectivity index (χ4v) is 3.84. The maximum absolute atomic E-state index is 12.6. The minimum atomic E-state index is -0.398. The van der Waals surface area contributed by atoms with Crippen LogP contribution >= 0.6 is 0 Å². The minimum Gasteiger partial charge on any atom is -0.372 e. The molecule has 0 aliphatic carbocycles. The average Bonchev–Trinajstić information content (AvgIpc) is 2.99. The Morgan fingerprint density at radius 3 is 2.34 bits per heavy atom. The molecule has 0 spiro atoms. The first-order valence-corrected chi connectivity index (χ1v) is 9.86. The Kier molecular flexibility index (Phi) is 5.16. The van der Waals surface area contributed by atoms with Crippen molar-refractivity contribution in [2.75, 3.05) is 29.9 Å². The molecule has 2 aliphatic heterocycles. The van der Waals surface area contributed by atoms with E-state index in [0.717, 1.165) is 23.7 Å². The van der Waals surface area contributed by atoms with Gasteiger partial charge in [0.25, 0.3) is 17.7 Å². The van der Waals surface area contributed by atoms with E-state index >= 15 is 0 Å². The van der Waals surface area contributed by atoms with Gasteiger partial charge in [0, 0.05) is 36.6 Å². The normalized spacial score (nSPS) is 16.0. The number of imide groups is 1. The molecule has 3 amide bonds. The summed E-state index contributed by atoms with van der Waals surface area (Å²) in [5, 5.41) is 2.86. The van der Waals surface area contributed by atoms with Crippen LogP contribution in [-0.4, -0.2) is 42.3 Å². The van der Waals surface area contributed by atoms with Crippen LogP contribution in [0.3, 0.4) is 0 Å². The second kappa shape index (κ2) is 7.91. The molecule has 148 valence electrons. The number of anilines is 2. The Balaban J connectivity index is 1.48. The number of hydrogen-bond acceptors (Lipinski definition) is 4. The van der Waals surface area contributed by atoms with E-state index in [9.17, 15) is 14.4 Å². The van der Waals surface area contributed by atoms with Gasteiger partial charge in [0.05, 0.1) is 11.1 Å². The van der Waals surface area contributed by atoms with E-state index < -0.39 is 5.91 Å². The van der Waals surface area contributed by atoms with Gasteiger partial charge < -0.3 is 10.2 Å². The Hall–Kier alpha value is -3.41. The quantitative estimate of drug-likeness (QED) is 0.625. The molecule has 0 unspecified atom stereocenters. The predicted molar refractivity (Wildman–Crippen MR) is 112 cm³/mol. The molecule has 1 N–H and O–H groups in total. The summed E-state index contributed by atoms with van der Waals surface area (Å²) in [6.07, 6.45) is 5.21. The van der Waals surface area contributed by atoms with Crippen LogP contribution in [0.4, 0.5) is 11.4 Å². The molecule has 4 rings (SSSR count). The third-order valence-corrected chi connectivity index (χ3v) is 5.39. The van der Waals surface area contributed by atoms with Crippen LogP contribution in [0.2, 0.25) is 0 Å². The number of benzene rings is 2. The second-order valence-electron chi connectivity index (χ2n) is 7.32. The molecule has 0 aromatic heterocycles. The zero-order chi connectivity index (χ0) is 20.4. The molecule has 2 aromatic carbocycles. The average molecular weight is 389 g/mol. The highest BCUT2D eigenvalue weighted by molar-refractivity contribution is 6.22. The molecule has 1 saturated heterocycles. The number of nitrogens with zero attached hydrogens (tertiary/aromatic N) is 2. The molecule has 1 fully saturated rings. The first-order chi connectivity index (χ1) is 14.1. The second-order valence-corrected chi connectivity index (χ2v) is 7.32. The Morgan fingerprint density at radius 1 is 0.966 bits per heavy atom. The van der Waals surface area contributed by atoms with Crippen molar-refractivity contribution in [3.05, 3.63) is 71.8 Å². The fraction of sp³-hybridized carbons (Fsp3) is 0.261. The summed E-state index contributed by atoms with van der Waals surface area (Å²) in [5.74, 6) is -1.07. The molecule has 2 aliphatic rings. The zero-order valence-corrected chi connectivity index (χ0v) is 16.2. The van der Waals surface area contributed by atoms with E-state index in [0.29, 0.717) is 16.8 Å². The van der Waals surface area contributed by atoms with Gasteiger partial charge in [-0.2, -0.15) is 0 Å². The van der Waals surface area contributed by atoms with Crippen LogP contribution in [0.1, 0.15) is 50.3 Å². The van der Waals surface area contributed by atoms with E-state index in [1.807, 2.05) is 24.3 Å². The van der Waals surface area contributed by atoms with Gasteiger partial charge in [-0.1, -0.05) is 6.08 Å². The number of carbonyl (C=O) groups excluding carboxylic acids is 3. The maximum atomic E-state index is 12.6. The minimum absolute atomic E-state index is 0.150. The maximum Gasteiger partial charge on any atom is 0.261 e. The summed E-state index contributed by atoms with van der Waals surface area (Å²) in [6.45, 7) is 5.85. The molecule has 0 radical (unpaired) electrons. The van der Waals surface area contributed by atoms with Crippen molar-refractivity contribution in [1.29, 1.82) is 0 Å². The van der Waals surface area contributed by atoms with Gasteiger partial charge in [-0.25, -0.2) is 0 Å². The largest absolute Gasteiger partial charge is 0.372 e. The first kappa shape index (κ1) is 18.9. The van der Waals surface area contributed by atoms with Crippen molar-refractivity contribution in [2.24, 2.45) is 0 Å². The third kappa shape index (κ3) is 3.66. The molecular formula is C23H23N3O3. The van der Waals surface area contributed by atoms with Gasteiger partial charge in [-0.3, -0.25) is 19.3 Å². The van der Waals surface area contributed by atoms with E-state index in [4.69, 9.17) is 0 Å². The van der Waals surface area contributed by atoms with Crippen molar-refractivity contribution in [1.82, 2.24) is 4.90 Å². The number of piperidine rings is 1. The molecule has 2 heterocycles. The van der Waals surface area contributed by atoms with E-state index in [1.165, 1.54) is 37.5 Å². The number of amides is 3. The smallest absolute Gasteiger partial charge is 0.261 e. The van der Waals surface area contributed by atoms with E-state index in [1.54, 1.807) is 6.07 Å². The molecular weight excluding hydrogens is 366 g/mol. The number of carbonyl (C=O) groups is 3. The lowest BCUT2D eigenvalue weighted by Crippen LogP contribution is -2.29. The van der Waals surface area contributed by atoms with Crippen molar-refractivity contribution in [2.45, 2.75) is 19.3 Å². The van der Waals surface area contributed by atoms with Gasteiger partial charge in [-0.15, -0.1) is 6.58 Å². The van der Waals surface area contributed by atoms with Crippen LogP contribution in [0.15, 0.2) is 55.1 Å². The Morgan fingerprint density at radius 2 is 1.66 bits per heavy atom.